The van der Waals surface area contributed by atoms with Crippen LogP contribution >= 0.6 is 0 Å². The fraction of sp³-hybridized carbons (Fsp3) is 0.0800. The van der Waals surface area contributed by atoms with Crippen molar-refractivity contribution in [2.75, 3.05) is 0 Å². The summed E-state index contributed by atoms with van der Waals surface area (Å²) >= 11 is 0. The molecule has 0 fully saturated rings. The van der Waals surface area contributed by atoms with Crippen LogP contribution in [-0.4, -0.2) is 30.9 Å². The van der Waals surface area contributed by atoms with Crippen molar-refractivity contribution >= 4 is 5.91 Å². The lowest BCUT2D eigenvalue weighted by molar-refractivity contribution is 0.0951. The van der Waals surface area contributed by atoms with E-state index in [1.54, 1.807) is 35.3 Å². The first kappa shape index (κ1) is 20.3. The van der Waals surface area contributed by atoms with E-state index in [1.165, 1.54) is 6.33 Å². The number of hydrogen-bond acceptors (Lipinski definition) is 6. The minimum atomic E-state index is -0.159. The number of benzene rings is 3. The standard InChI is InChI=1S/C25H20N6O2/c1-17-3-2-4-21(13-17)25-30-29-24(33-25)20-9-7-19(8-10-20)23(32)27-14-18-5-11-22(12-6-18)31-16-26-15-28-31/h2-13,15-16H,14H2,1H3,(H,27,32). The zero-order valence-electron chi connectivity index (χ0n) is 17.8. The maximum Gasteiger partial charge on any atom is 0.251 e. The van der Waals surface area contributed by atoms with Crippen LogP contribution in [0.25, 0.3) is 28.6 Å². The van der Waals surface area contributed by atoms with Crippen molar-refractivity contribution in [1.29, 1.82) is 0 Å². The Labute approximate surface area is 189 Å². The molecule has 2 heterocycles. The van der Waals surface area contributed by atoms with Crippen LogP contribution in [0.2, 0.25) is 0 Å². The molecule has 0 saturated carbocycles. The molecule has 33 heavy (non-hydrogen) atoms. The molecule has 3 aromatic carbocycles. The highest BCUT2D eigenvalue weighted by molar-refractivity contribution is 5.94. The summed E-state index contributed by atoms with van der Waals surface area (Å²) in [7, 11) is 0. The third kappa shape index (κ3) is 4.54. The topological polar surface area (TPSA) is 98.7 Å². The molecule has 0 bridgehead atoms. The Morgan fingerprint density at radius 2 is 1.70 bits per heavy atom. The Hall–Kier alpha value is -4.59. The van der Waals surface area contributed by atoms with Crippen LogP contribution in [0.4, 0.5) is 0 Å². The molecular formula is C25H20N6O2. The van der Waals surface area contributed by atoms with Crippen molar-refractivity contribution in [1.82, 2.24) is 30.3 Å². The first-order chi connectivity index (χ1) is 16.2. The van der Waals surface area contributed by atoms with E-state index in [-0.39, 0.29) is 5.91 Å². The lowest BCUT2D eigenvalue weighted by atomic mass is 10.1. The van der Waals surface area contributed by atoms with Gasteiger partial charge in [-0.25, -0.2) is 9.67 Å². The number of hydrogen-bond donors (Lipinski definition) is 1. The van der Waals surface area contributed by atoms with Gasteiger partial charge in [0.25, 0.3) is 5.91 Å². The molecule has 0 aliphatic carbocycles. The second kappa shape index (κ2) is 8.88. The van der Waals surface area contributed by atoms with Crippen molar-refractivity contribution < 1.29 is 9.21 Å². The van der Waals surface area contributed by atoms with Crippen LogP contribution in [0, 0.1) is 6.92 Å². The zero-order valence-corrected chi connectivity index (χ0v) is 17.8. The first-order valence-corrected chi connectivity index (χ1v) is 10.4. The van der Waals surface area contributed by atoms with Gasteiger partial charge in [-0.3, -0.25) is 4.79 Å². The van der Waals surface area contributed by atoms with Crippen LogP contribution in [0.5, 0.6) is 0 Å². The molecule has 162 valence electrons. The van der Waals surface area contributed by atoms with Crippen molar-refractivity contribution in [3.63, 3.8) is 0 Å². The average molecular weight is 436 g/mol. The fourth-order valence-corrected chi connectivity index (χ4v) is 3.39. The van der Waals surface area contributed by atoms with E-state index in [2.05, 4.69) is 25.6 Å². The van der Waals surface area contributed by atoms with Gasteiger partial charge >= 0.3 is 0 Å². The van der Waals surface area contributed by atoms with Gasteiger partial charge in [0, 0.05) is 23.2 Å². The van der Waals surface area contributed by atoms with Gasteiger partial charge in [-0.2, -0.15) is 5.10 Å². The molecule has 0 aliphatic heterocycles. The molecule has 0 unspecified atom stereocenters. The molecule has 8 heteroatoms. The number of carbonyl (C=O) groups excluding carboxylic acids is 1. The Kier molecular flexibility index (Phi) is 5.47. The summed E-state index contributed by atoms with van der Waals surface area (Å²) in [6, 6.07) is 22.7. The molecular weight excluding hydrogens is 416 g/mol. The van der Waals surface area contributed by atoms with Crippen LogP contribution < -0.4 is 5.32 Å². The second-order valence-corrected chi connectivity index (χ2v) is 7.55. The Bertz CT molecular complexity index is 1370. The molecule has 0 radical (unpaired) electrons. The number of nitrogens with zero attached hydrogens (tertiary/aromatic N) is 5. The van der Waals surface area contributed by atoms with Crippen molar-refractivity contribution in [3.05, 3.63) is 102 Å². The van der Waals surface area contributed by atoms with Gasteiger partial charge in [0.1, 0.15) is 12.7 Å². The molecule has 1 amide bonds. The van der Waals surface area contributed by atoms with Crippen LogP contribution in [0.15, 0.2) is 89.9 Å². The van der Waals surface area contributed by atoms with Gasteiger partial charge in [0.2, 0.25) is 11.8 Å². The van der Waals surface area contributed by atoms with E-state index < -0.39 is 0 Å². The third-order valence-corrected chi connectivity index (χ3v) is 5.16. The monoisotopic (exact) mass is 436 g/mol. The van der Waals surface area contributed by atoms with E-state index in [0.717, 1.165) is 27.9 Å². The summed E-state index contributed by atoms with van der Waals surface area (Å²) in [5.41, 5.74) is 5.19. The summed E-state index contributed by atoms with van der Waals surface area (Å²) < 4.78 is 7.50. The highest BCUT2D eigenvalue weighted by atomic mass is 16.4. The van der Waals surface area contributed by atoms with E-state index >= 15 is 0 Å². The van der Waals surface area contributed by atoms with Crippen LogP contribution in [0.1, 0.15) is 21.5 Å². The maximum atomic E-state index is 12.6. The minimum Gasteiger partial charge on any atom is -0.416 e. The average Bonchev–Trinajstić information content (AvgIpc) is 3.56. The molecule has 8 nitrogen and oxygen atoms in total. The molecule has 5 rings (SSSR count). The smallest absolute Gasteiger partial charge is 0.251 e. The number of nitrogens with one attached hydrogen (secondary N) is 1. The SMILES string of the molecule is Cc1cccc(-c2nnc(-c3ccc(C(=O)NCc4ccc(-n5cncn5)cc4)cc3)o2)c1. The highest BCUT2D eigenvalue weighted by Crippen LogP contribution is 2.24. The van der Waals surface area contributed by atoms with Gasteiger partial charge < -0.3 is 9.73 Å². The molecule has 0 atom stereocenters. The third-order valence-electron chi connectivity index (χ3n) is 5.16. The predicted octanol–water partition coefficient (Wildman–Crippen LogP) is 4.22. The number of amides is 1. The van der Waals surface area contributed by atoms with Gasteiger partial charge in [0.05, 0.1) is 5.69 Å². The Morgan fingerprint density at radius 3 is 2.39 bits per heavy atom. The lowest BCUT2D eigenvalue weighted by Gasteiger charge is -2.07. The van der Waals surface area contributed by atoms with Gasteiger partial charge in [-0.15, -0.1) is 10.2 Å². The number of carbonyl (C=O) groups is 1. The maximum absolute atomic E-state index is 12.6. The highest BCUT2D eigenvalue weighted by Gasteiger charge is 2.12. The van der Waals surface area contributed by atoms with Crippen LogP contribution in [0.3, 0.4) is 0 Å². The van der Waals surface area contributed by atoms with Crippen molar-refractivity contribution in [2.45, 2.75) is 13.5 Å². The van der Waals surface area contributed by atoms with Gasteiger partial charge in [-0.05, 0) is 61.0 Å². The summed E-state index contributed by atoms with van der Waals surface area (Å²) in [6.07, 6.45) is 3.12. The quantitative estimate of drug-likeness (QED) is 0.428. The predicted molar refractivity (Wildman–Crippen MR) is 122 cm³/mol. The second-order valence-electron chi connectivity index (χ2n) is 7.55. The normalized spacial score (nSPS) is 10.8. The van der Waals surface area contributed by atoms with E-state index in [0.29, 0.717) is 23.9 Å². The molecule has 1 N–H and O–H groups in total. The minimum absolute atomic E-state index is 0.159. The molecule has 2 aromatic heterocycles. The van der Waals surface area contributed by atoms with Crippen molar-refractivity contribution in [2.24, 2.45) is 0 Å². The van der Waals surface area contributed by atoms with Gasteiger partial charge in [-0.1, -0.05) is 29.8 Å². The van der Waals surface area contributed by atoms with E-state index in [4.69, 9.17) is 4.42 Å². The Morgan fingerprint density at radius 1 is 0.939 bits per heavy atom. The van der Waals surface area contributed by atoms with E-state index in [1.807, 2.05) is 55.5 Å². The summed E-state index contributed by atoms with van der Waals surface area (Å²) in [4.78, 5) is 16.5. The molecule has 0 aliphatic rings. The zero-order chi connectivity index (χ0) is 22.6. The lowest BCUT2D eigenvalue weighted by Crippen LogP contribution is -2.22. The molecule has 0 saturated heterocycles. The van der Waals surface area contributed by atoms with Crippen LogP contribution in [-0.2, 0) is 6.54 Å². The molecule has 5 aromatic rings. The summed E-state index contributed by atoms with van der Waals surface area (Å²) in [6.45, 7) is 2.43. The number of aromatic nitrogens is 5. The number of rotatable bonds is 6. The van der Waals surface area contributed by atoms with Crippen molar-refractivity contribution in [3.8, 4) is 28.6 Å². The van der Waals surface area contributed by atoms with E-state index in [9.17, 15) is 4.79 Å². The number of aryl methyl sites for hydroxylation is 1. The largest absolute Gasteiger partial charge is 0.416 e. The Balaban J connectivity index is 1.22. The summed E-state index contributed by atoms with van der Waals surface area (Å²) in [5.74, 6) is 0.712. The summed E-state index contributed by atoms with van der Waals surface area (Å²) in [5, 5.41) is 15.3. The molecule has 0 spiro atoms. The first-order valence-electron chi connectivity index (χ1n) is 10.4. The van der Waals surface area contributed by atoms with Gasteiger partial charge in [0.15, 0.2) is 0 Å². The fourth-order valence-electron chi connectivity index (χ4n) is 3.39.